The van der Waals surface area contributed by atoms with Gasteiger partial charge in [-0.15, -0.1) is 0 Å². The van der Waals surface area contributed by atoms with Crippen LogP contribution in [0.3, 0.4) is 0 Å². The predicted octanol–water partition coefficient (Wildman–Crippen LogP) is 4.28. The van der Waals surface area contributed by atoms with Crippen LogP contribution in [-0.4, -0.2) is 34.8 Å². The lowest BCUT2D eigenvalue weighted by Crippen LogP contribution is -2.38. The average Bonchev–Trinajstić information content (AvgIpc) is 3.04. The van der Waals surface area contributed by atoms with Gasteiger partial charge >= 0.3 is 5.97 Å². The van der Waals surface area contributed by atoms with E-state index in [9.17, 15) is 9.59 Å². The standard InChI is InChI=1S/C23H22ClN3O3/c1-15-22(24)16(2)27(25-15)19-11-9-18(10-12-19)23(29)30-14-21(28)26-13-5-7-17-6-3-4-8-20(17)26/h3-4,6,8-12H,5,7,13-14H2,1-2H3. The first kappa shape index (κ1) is 20.2. The number of carbonyl (C=O) groups is 2. The molecule has 0 saturated carbocycles. The van der Waals surface area contributed by atoms with E-state index in [1.807, 2.05) is 38.1 Å². The number of hydrogen-bond donors (Lipinski definition) is 0. The molecule has 0 spiro atoms. The SMILES string of the molecule is Cc1nn(-c2ccc(C(=O)OCC(=O)N3CCCc4ccccc43)cc2)c(C)c1Cl. The fraction of sp³-hybridized carbons (Fsp3) is 0.261. The molecule has 0 unspecified atom stereocenters. The number of para-hydroxylation sites is 1. The molecule has 7 heteroatoms. The Bertz CT molecular complexity index is 1110. The van der Waals surface area contributed by atoms with Crippen LogP contribution >= 0.6 is 11.6 Å². The number of fused-ring (bicyclic) bond motifs is 1. The first-order valence-corrected chi connectivity index (χ1v) is 10.2. The second kappa shape index (κ2) is 8.32. The minimum atomic E-state index is -0.536. The Labute approximate surface area is 180 Å². The molecule has 0 aliphatic carbocycles. The van der Waals surface area contributed by atoms with Gasteiger partial charge in [0.1, 0.15) is 0 Å². The summed E-state index contributed by atoms with van der Waals surface area (Å²) in [5.41, 5.74) is 4.78. The van der Waals surface area contributed by atoms with Crippen LogP contribution in [0, 0.1) is 13.8 Å². The Hall–Kier alpha value is -3.12. The zero-order valence-corrected chi connectivity index (χ0v) is 17.6. The number of nitrogens with zero attached hydrogens (tertiary/aromatic N) is 3. The van der Waals surface area contributed by atoms with Gasteiger partial charge in [0, 0.05) is 12.2 Å². The van der Waals surface area contributed by atoms with Gasteiger partial charge in [-0.05, 0) is 62.6 Å². The van der Waals surface area contributed by atoms with Crippen LogP contribution in [-0.2, 0) is 16.0 Å². The molecule has 0 fully saturated rings. The molecule has 0 radical (unpaired) electrons. The van der Waals surface area contributed by atoms with Crippen molar-refractivity contribution in [1.82, 2.24) is 9.78 Å². The third kappa shape index (κ3) is 3.83. The number of benzene rings is 2. The second-order valence-electron chi connectivity index (χ2n) is 7.30. The van der Waals surface area contributed by atoms with Crippen LogP contribution in [0.1, 0.15) is 33.7 Å². The van der Waals surface area contributed by atoms with Gasteiger partial charge in [0.2, 0.25) is 0 Å². The number of halogens is 1. The van der Waals surface area contributed by atoms with Gasteiger partial charge in [-0.2, -0.15) is 5.10 Å². The van der Waals surface area contributed by atoms with Crippen LogP contribution in [0.5, 0.6) is 0 Å². The van der Waals surface area contributed by atoms with Gasteiger partial charge in [0.05, 0.1) is 27.7 Å². The maximum atomic E-state index is 12.6. The fourth-order valence-electron chi connectivity index (χ4n) is 3.69. The zero-order chi connectivity index (χ0) is 21.3. The predicted molar refractivity (Wildman–Crippen MR) is 115 cm³/mol. The molecule has 4 rings (SSSR count). The summed E-state index contributed by atoms with van der Waals surface area (Å²) in [6, 6.07) is 14.7. The number of hydrogen-bond acceptors (Lipinski definition) is 4. The lowest BCUT2D eigenvalue weighted by molar-refractivity contribution is -0.121. The lowest BCUT2D eigenvalue weighted by atomic mass is 10.0. The second-order valence-corrected chi connectivity index (χ2v) is 7.68. The molecule has 0 atom stereocenters. The molecule has 1 aliphatic rings. The molecule has 1 aromatic heterocycles. The van der Waals surface area contributed by atoms with Crippen molar-refractivity contribution in [2.24, 2.45) is 0 Å². The molecular weight excluding hydrogens is 402 g/mol. The summed E-state index contributed by atoms with van der Waals surface area (Å²) in [5, 5.41) is 5.02. The summed E-state index contributed by atoms with van der Waals surface area (Å²) in [5.74, 6) is -0.754. The lowest BCUT2D eigenvalue weighted by Gasteiger charge is -2.29. The van der Waals surface area contributed by atoms with Gasteiger partial charge in [-0.25, -0.2) is 9.48 Å². The number of anilines is 1. The van der Waals surface area contributed by atoms with Crippen molar-refractivity contribution in [2.75, 3.05) is 18.1 Å². The largest absolute Gasteiger partial charge is 0.452 e. The molecule has 1 aliphatic heterocycles. The molecule has 154 valence electrons. The number of rotatable bonds is 4. The topological polar surface area (TPSA) is 64.4 Å². The summed E-state index contributed by atoms with van der Waals surface area (Å²) < 4.78 is 7.00. The van der Waals surface area contributed by atoms with Gasteiger partial charge in [-0.3, -0.25) is 4.79 Å². The molecule has 6 nitrogen and oxygen atoms in total. The quantitative estimate of drug-likeness (QED) is 0.587. The summed E-state index contributed by atoms with van der Waals surface area (Å²) in [6.07, 6.45) is 1.85. The van der Waals surface area contributed by atoms with Crippen molar-refractivity contribution in [3.8, 4) is 5.69 Å². The monoisotopic (exact) mass is 423 g/mol. The van der Waals surface area contributed by atoms with E-state index in [4.69, 9.17) is 16.3 Å². The molecular formula is C23H22ClN3O3. The molecule has 2 aromatic carbocycles. The summed E-state index contributed by atoms with van der Waals surface area (Å²) in [6.45, 7) is 4.07. The Kier molecular flexibility index (Phi) is 5.59. The molecule has 2 heterocycles. The molecule has 0 bridgehead atoms. The van der Waals surface area contributed by atoms with Crippen LogP contribution in [0.2, 0.25) is 5.02 Å². The first-order chi connectivity index (χ1) is 14.5. The first-order valence-electron chi connectivity index (χ1n) is 9.83. The minimum Gasteiger partial charge on any atom is -0.452 e. The highest BCUT2D eigenvalue weighted by molar-refractivity contribution is 6.31. The highest BCUT2D eigenvalue weighted by Gasteiger charge is 2.23. The van der Waals surface area contributed by atoms with E-state index in [1.54, 1.807) is 33.8 Å². The summed E-state index contributed by atoms with van der Waals surface area (Å²) in [4.78, 5) is 26.7. The Morgan fingerprint density at radius 1 is 1.10 bits per heavy atom. The zero-order valence-electron chi connectivity index (χ0n) is 16.9. The van der Waals surface area contributed by atoms with E-state index in [-0.39, 0.29) is 12.5 Å². The number of amides is 1. The number of carbonyl (C=O) groups excluding carboxylic acids is 2. The van der Waals surface area contributed by atoms with Crippen LogP contribution < -0.4 is 4.90 Å². The molecule has 30 heavy (non-hydrogen) atoms. The molecule has 1 amide bonds. The maximum Gasteiger partial charge on any atom is 0.338 e. The fourth-order valence-corrected chi connectivity index (χ4v) is 3.81. The van der Waals surface area contributed by atoms with Crippen LogP contribution in [0.25, 0.3) is 5.69 Å². The number of esters is 1. The van der Waals surface area contributed by atoms with E-state index >= 15 is 0 Å². The van der Waals surface area contributed by atoms with E-state index in [1.165, 1.54) is 0 Å². The minimum absolute atomic E-state index is 0.218. The van der Waals surface area contributed by atoms with Crippen molar-refractivity contribution >= 4 is 29.2 Å². The molecule has 0 saturated heterocycles. The van der Waals surface area contributed by atoms with Crippen molar-refractivity contribution in [3.63, 3.8) is 0 Å². The number of ether oxygens (including phenoxy) is 1. The van der Waals surface area contributed by atoms with Crippen LogP contribution in [0.4, 0.5) is 5.69 Å². The Morgan fingerprint density at radius 3 is 2.53 bits per heavy atom. The van der Waals surface area contributed by atoms with Crippen molar-refractivity contribution < 1.29 is 14.3 Å². The van der Waals surface area contributed by atoms with E-state index in [0.29, 0.717) is 17.1 Å². The summed E-state index contributed by atoms with van der Waals surface area (Å²) in [7, 11) is 0. The van der Waals surface area contributed by atoms with Crippen molar-refractivity contribution in [2.45, 2.75) is 26.7 Å². The normalized spacial score (nSPS) is 13.1. The number of aryl methyl sites for hydroxylation is 2. The van der Waals surface area contributed by atoms with Crippen molar-refractivity contribution in [3.05, 3.63) is 76.1 Å². The highest BCUT2D eigenvalue weighted by Crippen LogP contribution is 2.27. The van der Waals surface area contributed by atoms with E-state index in [2.05, 4.69) is 5.10 Å². The van der Waals surface area contributed by atoms with Crippen LogP contribution in [0.15, 0.2) is 48.5 Å². The smallest absolute Gasteiger partial charge is 0.338 e. The highest BCUT2D eigenvalue weighted by atomic mass is 35.5. The van der Waals surface area contributed by atoms with E-state index in [0.717, 1.165) is 41.2 Å². The Morgan fingerprint density at radius 2 is 1.83 bits per heavy atom. The van der Waals surface area contributed by atoms with Gasteiger partial charge < -0.3 is 9.64 Å². The van der Waals surface area contributed by atoms with Gasteiger partial charge in [0.25, 0.3) is 5.91 Å². The third-order valence-corrected chi connectivity index (χ3v) is 5.84. The molecule has 0 N–H and O–H groups in total. The Balaban J connectivity index is 1.41. The third-order valence-electron chi connectivity index (χ3n) is 5.29. The molecule has 3 aromatic rings. The maximum absolute atomic E-state index is 12.6. The summed E-state index contributed by atoms with van der Waals surface area (Å²) >= 11 is 6.20. The van der Waals surface area contributed by atoms with Gasteiger partial charge in [0.15, 0.2) is 6.61 Å². The average molecular weight is 424 g/mol. The van der Waals surface area contributed by atoms with E-state index < -0.39 is 5.97 Å². The van der Waals surface area contributed by atoms with Gasteiger partial charge in [-0.1, -0.05) is 29.8 Å². The van der Waals surface area contributed by atoms with Crippen molar-refractivity contribution in [1.29, 1.82) is 0 Å². The number of aromatic nitrogens is 2.